The van der Waals surface area contributed by atoms with Crippen LogP contribution in [0.2, 0.25) is 0 Å². The number of carbonyl (C=O) groups is 2. The number of rotatable bonds is 9. The standard InChI is InChI=1S/C33H32N2O7/c1-35-31(20-11-16-26(38-2)27(17-20)39-3)30(24-18-28(40-4)29(41-5)19-25(24)33(35)37)32(36)34-21-12-14-23(15-13-21)42-22-9-7-6-8-10-22/h6-19,30-31H,1-5H3,(H,34,36)/t30-,31+/m1/s1. The molecule has 0 aliphatic carbocycles. The van der Waals surface area contributed by atoms with E-state index in [0.29, 0.717) is 56.9 Å². The Morgan fingerprint density at radius 2 is 1.31 bits per heavy atom. The number of hydrogen-bond acceptors (Lipinski definition) is 7. The number of ether oxygens (including phenoxy) is 5. The number of fused-ring (bicyclic) bond motifs is 1. The summed E-state index contributed by atoms with van der Waals surface area (Å²) in [6, 6.07) is 24.6. The van der Waals surface area contributed by atoms with Crippen molar-refractivity contribution in [1.82, 2.24) is 4.90 Å². The monoisotopic (exact) mass is 568 g/mol. The molecule has 1 aliphatic rings. The Bertz CT molecular complexity index is 1590. The number of nitrogens with one attached hydrogen (secondary N) is 1. The lowest BCUT2D eigenvalue weighted by Gasteiger charge is -2.40. The first-order valence-electron chi connectivity index (χ1n) is 13.3. The van der Waals surface area contributed by atoms with Crippen molar-refractivity contribution in [2.24, 2.45) is 0 Å². The number of benzene rings is 4. The molecule has 4 aromatic carbocycles. The Morgan fingerprint density at radius 3 is 1.95 bits per heavy atom. The molecule has 0 aromatic heterocycles. The number of hydrogen-bond donors (Lipinski definition) is 1. The highest BCUT2D eigenvalue weighted by molar-refractivity contribution is 6.05. The van der Waals surface area contributed by atoms with Gasteiger partial charge >= 0.3 is 0 Å². The van der Waals surface area contributed by atoms with Crippen molar-refractivity contribution in [3.05, 3.63) is 102 Å². The van der Waals surface area contributed by atoms with Gasteiger partial charge in [-0.2, -0.15) is 0 Å². The van der Waals surface area contributed by atoms with Gasteiger partial charge in [0.15, 0.2) is 23.0 Å². The van der Waals surface area contributed by atoms with E-state index in [-0.39, 0.29) is 11.8 Å². The summed E-state index contributed by atoms with van der Waals surface area (Å²) in [5.74, 6) is 1.82. The summed E-state index contributed by atoms with van der Waals surface area (Å²) in [4.78, 5) is 29.4. The Morgan fingerprint density at radius 1 is 0.714 bits per heavy atom. The first-order valence-corrected chi connectivity index (χ1v) is 13.3. The van der Waals surface area contributed by atoms with Gasteiger partial charge in [0.2, 0.25) is 5.91 Å². The van der Waals surface area contributed by atoms with Crippen LogP contribution in [0.15, 0.2) is 84.9 Å². The topological polar surface area (TPSA) is 95.6 Å². The Hall–Kier alpha value is -5.18. The van der Waals surface area contributed by atoms with E-state index in [1.165, 1.54) is 14.2 Å². The maximum absolute atomic E-state index is 14.2. The predicted octanol–water partition coefficient (Wildman–Crippen LogP) is 6.06. The van der Waals surface area contributed by atoms with E-state index in [2.05, 4.69) is 5.32 Å². The summed E-state index contributed by atoms with van der Waals surface area (Å²) in [5, 5.41) is 3.04. The average molecular weight is 569 g/mol. The normalized spacial score (nSPS) is 15.8. The molecule has 2 atom stereocenters. The van der Waals surface area contributed by atoms with Crippen LogP contribution in [0, 0.1) is 0 Å². The second-order valence-corrected chi connectivity index (χ2v) is 9.68. The smallest absolute Gasteiger partial charge is 0.254 e. The highest BCUT2D eigenvalue weighted by atomic mass is 16.5. The summed E-state index contributed by atoms with van der Waals surface area (Å²) in [6.07, 6.45) is 0. The molecule has 1 heterocycles. The van der Waals surface area contributed by atoms with Crippen LogP contribution < -0.4 is 29.0 Å². The third kappa shape index (κ3) is 5.41. The Labute approximate surface area is 244 Å². The zero-order valence-corrected chi connectivity index (χ0v) is 24.0. The molecule has 5 rings (SSSR count). The molecule has 2 amide bonds. The molecule has 0 saturated carbocycles. The van der Waals surface area contributed by atoms with Crippen molar-refractivity contribution in [2.75, 3.05) is 40.8 Å². The maximum atomic E-state index is 14.2. The average Bonchev–Trinajstić information content (AvgIpc) is 3.03. The van der Waals surface area contributed by atoms with E-state index >= 15 is 0 Å². The van der Waals surface area contributed by atoms with Crippen LogP contribution in [0.3, 0.4) is 0 Å². The first-order chi connectivity index (χ1) is 20.4. The number of amides is 2. The van der Waals surface area contributed by atoms with Gasteiger partial charge in [-0.25, -0.2) is 0 Å². The largest absolute Gasteiger partial charge is 0.493 e. The zero-order chi connectivity index (χ0) is 29.8. The third-order valence-corrected chi connectivity index (χ3v) is 7.31. The van der Waals surface area contributed by atoms with Gasteiger partial charge in [-0.3, -0.25) is 9.59 Å². The Kier molecular flexibility index (Phi) is 8.19. The zero-order valence-electron chi connectivity index (χ0n) is 24.0. The number of methoxy groups -OCH3 is 4. The fraction of sp³-hybridized carbons (Fsp3) is 0.212. The molecule has 9 nitrogen and oxygen atoms in total. The van der Waals surface area contributed by atoms with Crippen LogP contribution in [0.5, 0.6) is 34.5 Å². The molecule has 1 aliphatic heterocycles. The number of carbonyl (C=O) groups excluding carboxylic acids is 2. The Balaban J connectivity index is 1.55. The molecule has 0 fully saturated rings. The van der Waals surface area contributed by atoms with Gasteiger partial charge in [-0.1, -0.05) is 24.3 Å². The SMILES string of the molecule is COc1ccc([C@H]2[C@H](C(=O)Nc3ccc(Oc4ccccc4)cc3)c3cc(OC)c(OC)cc3C(=O)N2C)cc1OC. The van der Waals surface area contributed by atoms with Crippen LogP contribution in [0.1, 0.15) is 33.4 Å². The number of anilines is 1. The molecule has 1 N–H and O–H groups in total. The quantitative estimate of drug-likeness (QED) is 0.262. The van der Waals surface area contributed by atoms with Gasteiger partial charge in [-0.15, -0.1) is 0 Å². The minimum atomic E-state index is -0.805. The van der Waals surface area contributed by atoms with E-state index in [1.54, 1.807) is 74.7 Å². The summed E-state index contributed by atoms with van der Waals surface area (Å²) >= 11 is 0. The molecule has 0 bridgehead atoms. The summed E-state index contributed by atoms with van der Waals surface area (Å²) in [6.45, 7) is 0. The fourth-order valence-electron chi connectivity index (χ4n) is 5.24. The van der Waals surface area contributed by atoms with Crippen LogP contribution in [-0.2, 0) is 4.79 Å². The van der Waals surface area contributed by atoms with Crippen molar-refractivity contribution in [2.45, 2.75) is 12.0 Å². The summed E-state index contributed by atoms with van der Waals surface area (Å²) in [7, 11) is 7.79. The van der Waals surface area contributed by atoms with Crippen molar-refractivity contribution in [1.29, 1.82) is 0 Å². The number of likely N-dealkylation sites (N-methyl/N-ethyl adjacent to an activating group) is 1. The predicted molar refractivity (Wildman–Crippen MR) is 158 cm³/mol. The third-order valence-electron chi connectivity index (χ3n) is 7.31. The van der Waals surface area contributed by atoms with Crippen molar-refractivity contribution < 1.29 is 33.3 Å². The van der Waals surface area contributed by atoms with Gasteiger partial charge in [0.05, 0.1) is 40.4 Å². The highest BCUT2D eigenvalue weighted by Gasteiger charge is 2.44. The maximum Gasteiger partial charge on any atom is 0.254 e. The molecular formula is C33H32N2O7. The summed E-state index contributed by atoms with van der Waals surface area (Å²) < 4.78 is 27.8. The number of nitrogens with zero attached hydrogens (tertiary/aromatic N) is 1. The molecule has 216 valence electrons. The molecule has 0 radical (unpaired) electrons. The molecule has 0 spiro atoms. The highest BCUT2D eigenvalue weighted by Crippen LogP contribution is 2.47. The molecule has 42 heavy (non-hydrogen) atoms. The van der Waals surface area contributed by atoms with Crippen LogP contribution in [-0.4, -0.2) is 52.2 Å². The van der Waals surface area contributed by atoms with E-state index in [1.807, 2.05) is 36.4 Å². The molecule has 4 aromatic rings. The van der Waals surface area contributed by atoms with Gasteiger partial charge < -0.3 is 33.9 Å². The molecule has 0 unspecified atom stereocenters. The van der Waals surface area contributed by atoms with Gasteiger partial charge in [0.1, 0.15) is 11.5 Å². The molecular weight excluding hydrogens is 536 g/mol. The first kappa shape index (κ1) is 28.4. The van der Waals surface area contributed by atoms with Gasteiger partial charge in [0, 0.05) is 18.3 Å². The minimum absolute atomic E-state index is 0.253. The van der Waals surface area contributed by atoms with Crippen LogP contribution in [0.4, 0.5) is 5.69 Å². The van der Waals surface area contributed by atoms with E-state index < -0.39 is 12.0 Å². The van der Waals surface area contributed by atoms with Crippen LogP contribution in [0.25, 0.3) is 0 Å². The van der Waals surface area contributed by atoms with E-state index in [4.69, 9.17) is 23.7 Å². The second kappa shape index (κ2) is 12.1. The van der Waals surface area contributed by atoms with Crippen molar-refractivity contribution in [3.63, 3.8) is 0 Å². The second-order valence-electron chi connectivity index (χ2n) is 9.68. The van der Waals surface area contributed by atoms with Gasteiger partial charge in [0.25, 0.3) is 5.91 Å². The molecule has 0 saturated heterocycles. The lowest BCUT2D eigenvalue weighted by Crippen LogP contribution is -2.44. The van der Waals surface area contributed by atoms with Crippen molar-refractivity contribution >= 4 is 17.5 Å². The summed E-state index contributed by atoms with van der Waals surface area (Å²) in [5.41, 5.74) is 2.17. The van der Waals surface area contributed by atoms with E-state index in [0.717, 1.165) is 0 Å². The lowest BCUT2D eigenvalue weighted by molar-refractivity contribution is -0.119. The number of para-hydroxylation sites is 1. The minimum Gasteiger partial charge on any atom is -0.493 e. The van der Waals surface area contributed by atoms with Crippen LogP contribution >= 0.6 is 0 Å². The molecule has 9 heteroatoms. The van der Waals surface area contributed by atoms with Gasteiger partial charge in [-0.05, 0) is 71.8 Å². The lowest BCUT2D eigenvalue weighted by atomic mass is 9.79. The fourth-order valence-corrected chi connectivity index (χ4v) is 5.24. The van der Waals surface area contributed by atoms with E-state index in [9.17, 15) is 9.59 Å². The van der Waals surface area contributed by atoms with Crippen molar-refractivity contribution in [3.8, 4) is 34.5 Å².